The van der Waals surface area contributed by atoms with E-state index in [2.05, 4.69) is 20.6 Å². The Balaban J connectivity index is 2.24. The molecular formula is C8H12N4O. The lowest BCUT2D eigenvalue weighted by molar-refractivity contribution is -0.120. The van der Waals surface area contributed by atoms with Gasteiger partial charge in [0.1, 0.15) is 12.1 Å². The number of carbonyl (C=O) groups excluding carboxylic acids is 1. The molecule has 0 aliphatic carbocycles. The lowest BCUT2D eigenvalue weighted by Crippen LogP contribution is -2.20. The van der Waals surface area contributed by atoms with Crippen molar-refractivity contribution >= 4 is 11.7 Å². The minimum absolute atomic E-state index is 0.0153. The third kappa shape index (κ3) is 3.50. The van der Waals surface area contributed by atoms with Crippen LogP contribution in [0.1, 0.15) is 6.42 Å². The van der Waals surface area contributed by atoms with E-state index in [0.29, 0.717) is 13.0 Å². The Hall–Kier alpha value is -1.65. The Labute approximate surface area is 76.6 Å². The molecule has 0 saturated heterocycles. The van der Waals surface area contributed by atoms with Gasteiger partial charge in [-0.25, -0.2) is 9.97 Å². The van der Waals surface area contributed by atoms with Gasteiger partial charge in [0, 0.05) is 26.2 Å². The highest BCUT2D eigenvalue weighted by Gasteiger charge is 1.96. The van der Waals surface area contributed by atoms with Gasteiger partial charge in [0.2, 0.25) is 5.91 Å². The summed E-state index contributed by atoms with van der Waals surface area (Å²) >= 11 is 0. The van der Waals surface area contributed by atoms with E-state index in [4.69, 9.17) is 0 Å². The molecule has 5 nitrogen and oxygen atoms in total. The average molecular weight is 180 g/mol. The molecule has 2 N–H and O–H groups in total. The predicted molar refractivity (Wildman–Crippen MR) is 49.2 cm³/mol. The zero-order valence-electron chi connectivity index (χ0n) is 7.45. The van der Waals surface area contributed by atoms with E-state index in [1.165, 1.54) is 6.33 Å². The average Bonchev–Trinajstić information content (AvgIpc) is 2.19. The molecule has 1 amide bonds. The van der Waals surface area contributed by atoms with Crippen LogP contribution in [0.25, 0.3) is 0 Å². The second kappa shape index (κ2) is 5.08. The van der Waals surface area contributed by atoms with Crippen molar-refractivity contribution in [2.75, 3.05) is 18.9 Å². The molecular weight excluding hydrogens is 168 g/mol. The number of hydrogen-bond donors (Lipinski definition) is 2. The van der Waals surface area contributed by atoms with Crippen molar-refractivity contribution in [3.8, 4) is 0 Å². The minimum Gasteiger partial charge on any atom is -0.369 e. The SMILES string of the molecule is CNC(=O)CCNc1ccncn1. The Morgan fingerprint density at radius 2 is 2.46 bits per heavy atom. The molecule has 0 radical (unpaired) electrons. The van der Waals surface area contributed by atoms with E-state index in [9.17, 15) is 4.79 Å². The summed E-state index contributed by atoms with van der Waals surface area (Å²) in [5.74, 6) is 0.750. The Kier molecular flexibility index (Phi) is 3.69. The molecule has 0 spiro atoms. The van der Waals surface area contributed by atoms with Crippen molar-refractivity contribution in [1.82, 2.24) is 15.3 Å². The van der Waals surface area contributed by atoms with Crippen LogP contribution in [-0.4, -0.2) is 29.5 Å². The number of anilines is 1. The lowest BCUT2D eigenvalue weighted by Gasteiger charge is -2.03. The summed E-state index contributed by atoms with van der Waals surface area (Å²) in [6.07, 6.45) is 3.55. The van der Waals surface area contributed by atoms with Gasteiger partial charge in [-0.3, -0.25) is 4.79 Å². The van der Waals surface area contributed by atoms with Crippen LogP contribution in [0, 0.1) is 0 Å². The van der Waals surface area contributed by atoms with Crippen LogP contribution in [0.15, 0.2) is 18.6 Å². The minimum atomic E-state index is 0.0153. The normalized spacial score (nSPS) is 9.31. The van der Waals surface area contributed by atoms with Gasteiger partial charge in [0.25, 0.3) is 0 Å². The maximum absolute atomic E-state index is 10.8. The van der Waals surface area contributed by atoms with Crippen molar-refractivity contribution in [2.24, 2.45) is 0 Å². The summed E-state index contributed by atoms with van der Waals surface area (Å²) in [6, 6.07) is 1.75. The standard InChI is InChI=1S/C8H12N4O/c1-9-8(13)3-5-11-7-2-4-10-6-12-7/h2,4,6H,3,5H2,1H3,(H,9,13)(H,10,11,12). The van der Waals surface area contributed by atoms with Crippen molar-refractivity contribution in [1.29, 1.82) is 0 Å². The summed E-state index contributed by atoms with van der Waals surface area (Å²) in [5.41, 5.74) is 0. The molecule has 13 heavy (non-hydrogen) atoms. The summed E-state index contributed by atoms with van der Waals surface area (Å²) in [5, 5.41) is 5.54. The van der Waals surface area contributed by atoms with E-state index in [-0.39, 0.29) is 5.91 Å². The monoisotopic (exact) mass is 180 g/mol. The fraction of sp³-hybridized carbons (Fsp3) is 0.375. The molecule has 0 saturated carbocycles. The highest BCUT2D eigenvalue weighted by Crippen LogP contribution is 1.97. The van der Waals surface area contributed by atoms with Gasteiger partial charge in [-0.2, -0.15) is 0 Å². The van der Waals surface area contributed by atoms with E-state index in [0.717, 1.165) is 5.82 Å². The smallest absolute Gasteiger partial charge is 0.221 e. The number of aromatic nitrogens is 2. The van der Waals surface area contributed by atoms with Crippen molar-refractivity contribution in [3.05, 3.63) is 18.6 Å². The molecule has 1 rings (SSSR count). The highest BCUT2D eigenvalue weighted by atomic mass is 16.1. The number of hydrogen-bond acceptors (Lipinski definition) is 4. The molecule has 0 aromatic carbocycles. The maximum Gasteiger partial charge on any atom is 0.221 e. The molecule has 0 fully saturated rings. The van der Waals surface area contributed by atoms with Crippen LogP contribution in [0.5, 0.6) is 0 Å². The topological polar surface area (TPSA) is 66.9 Å². The number of carbonyl (C=O) groups is 1. The van der Waals surface area contributed by atoms with Crippen molar-refractivity contribution < 1.29 is 4.79 Å². The molecule has 1 aromatic rings. The molecule has 70 valence electrons. The summed E-state index contributed by atoms with van der Waals surface area (Å²) in [6.45, 7) is 0.580. The third-order valence-corrected chi connectivity index (χ3v) is 1.52. The second-order valence-corrected chi connectivity index (χ2v) is 2.44. The zero-order valence-corrected chi connectivity index (χ0v) is 7.45. The van der Waals surface area contributed by atoms with Crippen LogP contribution >= 0.6 is 0 Å². The first-order valence-electron chi connectivity index (χ1n) is 4.03. The molecule has 0 aliphatic rings. The summed E-state index contributed by atoms with van der Waals surface area (Å²) in [4.78, 5) is 18.5. The first kappa shape index (κ1) is 9.44. The van der Waals surface area contributed by atoms with Gasteiger partial charge < -0.3 is 10.6 Å². The van der Waals surface area contributed by atoms with E-state index < -0.39 is 0 Å². The molecule has 0 bridgehead atoms. The quantitative estimate of drug-likeness (QED) is 0.685. The van der Waals surface area contributed by atoms with E-state index in [1.54, 1.807) is 19.3 Å². The van der Waals surface area contributed by atoms with Crippen LogP contribution in [0.2, 0.25) is 0 Å². The van der Waals surface area contributed by atoms with Gasteiger partial charge in [0.05, 0.1) is 0 Å². The Morgan fingerprint density at radius 1 is 1.62 bits per heavy atom. The van der Waals surface area contributed by atoms with Crippen LogP contribution in [-0.2, 0) is 4.79 Å². The number of nitrogens with zero attached hydrogens (tertiary/aromatic N) is 2. The van der Waals surface area contributed by atoms with Crippen molar-refractivity contribution in [2.45, 2.75) is 6.42 Å². The third-order valence-electron chi connectivity index (χ3n) is 1.52. The maximum atomic E-state index is 10.8. The molecule has 0 aliphatic heterocycles. The van der Waals surface area contributed by atoms with Gasteiger partial charge >= 0.3 is 0 Å². The van der Waals surface area contributed by atoms with E-state index in [1.807, 2.05) is 0 Å². The van der Waals surface area contributed by atoms with Gasteiger partial charge in [-0.15, -0.1) is 0 Å². The first-order chi connectivity index (χ1) is 6.33. The van der Waals surface area contributed by atoms with Gasteiger partial charge in [-0.05, 0) is 6.07 Å². The number of rotatable bonds is 4. The largest absolute Gasteiger partial charge is 0.369 e. The summed E-state index contributed by atoms with van der Waals surface area (Å²) in [7, 11) is 1.62. The van der Waals surface area contributed by atoms with Crippen LogP contribution < -0.4 is 10.6 Å². The van der Waals surface area contributed by atoms with Gasteiger partial charge in [0.15, 0.2) is 0 Å². The Bertz CT molecular complexity index is 262. The van der Waals surface area contributed by atoms with E-state index >= 15 is 0 Å². The van der Waals surface area contributed by atoms with Crippen molar-refractivity contribution in [3.63, 3.8) is 0 Å². The molecule has 5 heteroatoms. The summed E-state index contributed by atoms with van der Waals surface area (Å²) < 4.78 is 0. The highest BCUT2D eigenvalue weighted by molar-refractivity contribution is 5.75. The zero-order chi connectivity index (χ0) is 9.52. The molecule has 1 aromatic heterocycles. The molecule has 0 atom stereocenters. The van der Waals surface area contributed by atoms with Gasteiger partial charge in [-0.1, -0.05) is 0 Å². The predicted octanol–water partition coefficient (Wildman–Crippen LogP) is 0.0246. The first-order valence-corrected chi connectivity index (χ1v) is 4.03. The second-order valence-electron chi connectivity index (χ2n) is 2.44. The number of amides is 1. The van der Waals surface area contributed by atoms with Crippen LogP contribution in [0.3, 0.4) is 0 Å². The number of nitrogens with one attached hydrogen (secondary N) is 2. The lowest BCUT2D eigenvalue weighted by atomic mass is 10.4. The molecule has 0 unspecified atom stereocenters. The Morgan fingerprint density at radius 3 is 3.08 bits per heavy atom. The fourth-order valence-electron chi connectivity index (χ4n) is 0.824. The molecule has 1 heterocycles. The van der Waals surface area contributed by atoms with Crippen LogP contribution in [0.4, 0.5) is 5.82 Å². The fourth-order valence-corrected chi connectivity index (χ4v) is 0.824.